The van der Waals surface area contributed by atoms with Gasteiger partial charge in [0.2, 0.25) is 0 Å². The third-order valence-electron chi connectivity index (χ3n) is 9.96. The van der Waals surface area contributed by atoms with Crippen LogP contribution in [0.3, 0.4) is 0 Å². The Morgan fingerprint density at radius 2 is 1.77 bits per heavy atom. The number of carbonyl (C=O) groups is 2. The van der Waals surface area contributed by atoms with Gasteiger partial charge in [0, 0.05) is 22.7 Å². The number of ether oxygens (including phenoxy) is 3. The lowest BCUT2D eigenvalue weighted by Gasteiger charge is -2.66. The van der Waals surface area contributed by atoms with E-state index in [2.05, 4.69) is 34.6 Å². The lowest BCUT2D eigenvalue weighted by Crippen LogP contribution is -2.78. The van der Waals surface area contributed by atoms with Crippen LogP contribution in [0.2, 0.25) is 0 Å². The van der Waals surface area contributed by atoms with E-state index in [0.717, 1.165) is 5.57 Å². The molecular formula is C24H34O6. The van der Waals surface area contributed by atoms with Gasteiger partial charge in [-0.1, -0.05) is 52.7 Å². The van der Waals surface area contributed by atoms with Crippen LogP contribution in [-0.2, 0) is 19.0 Å². The van der Waals surface area contributed by atoms with Crippen LogP contribution in [0.5, 0.6) is 0 Å². The minimum Gasteiger partial charge on any atom is -0.426 e. The van der Waals surface area contributed by atoms with E-state index in [1.807, 2.05) is 13.8 Å². The predicted octanol–water partition coefficient (Wildman–Crippen LogP) is 3.65. The molecule has 0 aromatic heterocycles. The summed E-state index contributed by atoms with van der Waals surface area (Å²) in [5.74, 6) is -0.628. The molecule has 1 spiro atoms. The molecule has 5 aliphatic rings. The van der Waals surface area contributed by atoms with Crippen molar-refractivity contribution in [2.45, 2.75) is 84.7 Å². The van der Waals surface area contributed by atoms with Crippen LogP contribution in [0, 0.1) is 34.5 Å². The van der Waals surface area contributed by atoms with Crippen LogP contribution < -0.4 is 0 Å². The molecule has 2 aliphatic heterocycles. The average molecular weight is 419 g/mol. The highest BCUT2D eigenvalue weighted by Gasteiger charge is 2.77. The molecule has 0 aromatic carbocycles. The zero-order chi connectivity index (χ0) is 22.0. The number of Topliss-reactive ketones (excluding diaryl/α,β-unsaturated/α-hetero) is 1. The van der Waals surface area contributed by atoms with Crippen LogP contribution in [0.15, 0.2) is 11.1 Å². The van der Waals surface area contributed by atoms with Crippen molar-refractivity contribution in [1.29, 1.82) is 0 Å². The SMILES string of the molecule is CC1=C2[C@@H](C)C(=O)[C@@]3(C)[C@H]([C@@H]4OC(=O)O[C@@]4(C[C@@H]1C)C2(C)C)[C@]1(O)CO[C@@H]1C[C@@H]3C. The Kier molecular flexibility index (Phi) is 3.89. The highest BCUT2D eigenvalue weighted by molar-refractivity contribution is 5.91. The molecule has 5 rings (SSSR count). The Morgan fingerprint density at radius 3 is 2.37 bits per heavy atom. The first-order valence-corrected chi connectivity index (χ1v) is 11.3. The molecule has 1 N–H and O–H groups in total. The smallest absolute Gasteiger partial charge is 0.426 e. The average Bonchev–Trinajstić information content (AvgIpc) is 2.98. The molecule has 30 heavy (non-hydrogen) atoms. The normalized spacial score (nSPS) is 54.0. The van der Waals surface area contributed by atoms with Crippen molar-refractivity contribution < 1.29 is 28.9 Å². The third-order valence-corrected chi connectivity index (χ3v) is 9.96. The lowest BCUT2D eigenvalue weighted by atomic mass is 9.42. The van der Waals surface area contributed by atoms with Gasteiger partial charge in [0.05, 0.1) is 12.7 Å². The molecule has 166 valence electrons. The molecule has 3 aliphatic carbocycles. The van der Waals surface area contributed by atoms with Crippen LogP contribution in [0.1, 0.15) is 61.3 Å². The number of hydrogen-bond donors (Lipinski definition) is 1. The van der Waals surface area contributed by atoms with Crippen molar-refractivity contribution in [3.8, 4) is 0 Å². The second kappa shape index (κ2) is 5.69. The summed E-state index contributed by atoms with van der Waals surface area (Å²) in [7, 11) is 0. The van der Waals surface area contributed by atoms with E-state index in [9.17, 15) is 14.7 Å². The van der Waals surface area contributed by atoms with E-state index in [0.29, 0.717) is 12.8 Å². The fraction of sp³-hybridized carbons (Fsp3) is 0.833. The predicted molar refractivity (Wildman–Crippen MR) is 109 cm³/mol. The van der Waals surface area contributed by atoms with Crippen molar-refractivity contribution in [2.75, 3.05) is 6.61 Å². The molecule has 9 atom stereocenters. The largest absolute Gasteiger partial charge is 0.509 e. The van der Waals surface area contributed by atoms with E-state index >= 15 is 0 Å². The minimum absolute atomic E-state index is 0.0142. The fourth-order valence-electron chi connectivity index (χ4n) is 8.04. The Hall–Kier alpha value is -1.40. The van der Waals surface area contributed by atoms with Crippen LogP contribution in [0.25, 0.3) is 0 Å². The van der Waals surface area contributed by atoms with Gasteiger partial charge < -0.3 is 19.3 Å². The topological polar surface area (TPSA) is 82.1 Å². The van der Waals surface area contributed by atoms with E-state index in [4.69, 9.17) is 14.2 Å². The Labute approximate surface area is 178 Å². The van der Waals surface area contributed by atoms with Gasteiger partial charge in [0.15, 0.2) is 11.7 Å². The summed E-state index contributed by atoms with van der Waals surface area (Å²) in [6.07, 6.45) is -0.498. The number of allylic oxidation sites excluding steroid dienone is 1. The summed E-state index contributed by atoms with van der Waals surface area (Å²) in [5, 5.41) is 11.8. The molecule has 0 unspecified atom stereocenters. The van der Waals surface area contributed by atoms with Crippen molar-refractivity contribution in [3.05, 3.63) is 11.1 Å². The number of aliphatic hydroxyl groups is 1. The van der Waals surface area contributed by atoms with E-state index in [-0.39, 0.29) is 36.2 Å². The first-order valence-electron chi connectivity index (χ1n) is 11.3. The van der Waals surface area contributed by atoms with E-state index in [1.165, 1.54) is 5.57 Å². The summed E-state index contributed by atoms with van der Waals surface area (Å²) in [6.45, 7) is 14.6. The number of ketones is 1. The van der Waals surface area contributed by atoms with E-state index in [1.54, 1.807) is 0 Å². The van der Waals surface area contributed by atoms with Gasteiger partial charge in [0.25, 0.3) is 0 Å². The van der Waals surface area contributed by atoms with Gasteiger partial charge in [-0.15, -0.1) is 0 Å². The molecule has 2 saturated heterocycles. The Bertz CT molecular complexity index is 875. The molecule has 0 aromatic rings. The van der Waals surface area contributed by atoms with Gasteiger partial charge in [-0.2, -0.15) is 0 Å². The molecule has 6 nitrogen and oxygen atoms in total. The fourth-order valence-corrected chi connectivity index (χ4v) is 8.04. The Morgan fingerprint density at radius 1 is 1.10 bits per heavy atom. The second-order valence-corrected chi connectivity index (χ2v) is 11.4. The zero-order valence-corrected chi connectivity index (χ0v) is 19.1. The number of fused-ring (bicyclic) bond motifs is 5. The number of hydrogen-bond acceptors (Lipinski definition) is 6. The number of carbonyl (C=O) groups excluding carboxylic acids is 2. The monoisotopic (exact) mass is 418 g/mol. The minimum atomic E-state index is -1.20. The number of rotatable bonds is 0. The van der Waals surface area contributed by atoms with Gasteiger partial charge >= 0.3 is 6.16 Å². The second-order valence-electron chi connectivity index (χ2n) is 11.4. The standard InChI is InChI=1S/C24H34O6/c1-11-9-24-19(29-20(26)30-24)17-22(7,12(2)8-15-23(17,27)10-28-15)18(25)14(4)16(13(11)3)21(24,5)6/h11-12,14-15,17,19,27H,8-10H2,1-7H3/t11-,12-,14+,15+,17-,19-,22+,23-,24+/m0/s1. The lowest BCUT2D eigenvalue weighted by molar-refractivity contribution is -0.326. The van der Waals surface area contributed by atoms with Crippen molar-refractivity contribution in [1.82, 2.24) is 0 Å². The van der Waals surface area contributed by atoms with Crippen molar-refractivity contribution in [3.63, 3.8) is 0 Å². The summed E-state index contributed by atoms with van der Waals surface area (Å²) in [6, 6.07) is 0. The van der Waals surface area contributed by atoms with Gasteiger partial charge in [0.1, 0.15) is 11.4 Å². The van der Waals surface area contributed by atoms with Crippen LogP contribution in [-0.4, -0.2) is 47.1 Å². The summed E-state index contributed by atoms with van der Waals surface area (Å²) >= 11 is 0. The van der Waals surface area contributed by atoms with Crippen molar-refractivity contribution >= 4 is 11.9 Å². The maximum absolute atomic E-state index is 14.2. The first kappa shape index (κ1) is 20.5. The summed E-state index contributed by atoms with van der Waals surface area (Å²) in [4.78, 5) is 26.9. The van der Waals surface area contributed by atoms with Crippen LogP contribution in [0.4, 0.5) is 4.79 Å². The molecule has 2 saturated carbocycles. The highest BCUT2D eigenvalue weighted by Crippen LogP contribution is 2.67. The molecular weight excluding hydrogens is 384 g/mol. The molecule has 2 heterocycles. The molecule has 0 radical (unpaired) electrons. The van der Waals surface area contributed by atoms with Gasteiger partial charge in [-0.25, -0.2) is 4.79 Å². The third kappa shape index (κ3) is 1.99. The highest BCUT2D eigenvalue weighted by atomic mass is 16.8. The van der Waals surface area contributed by atoms with Gasteiger partial charge in [-0.05, 0) is 31.6 Å². The van der Waals surface area contributed by atoms with Crippen molar-refractivity contribution in [2.24, 2.45) is 34.5 Å². The van der Waals surface area contributed by atoms with Gasteiger partial charge in [-0.3, -0.25) is 4.79 Å². The quantitative estimate of drug-likeness (QED) is 0.478. The molecule has 4 fully saturated rings. The molecule has 2 bridgehead atoms. The summed E-state index contributed by atoms with van der Waals surface area (Å²) < 4.78 is 17.8. The maximum atomic E-state index is 14.2. The maximum Gasteiger partial charge on any atom is 0.509 e. The first-order chi connectivity index (χ1) is 13.8. The Balaban J connectivity index is 1.84. The summed E-state index contributed by atoms with van der Waals surface area (Å²) in [5.41, 5.74) is -1.28. The van der Waals surface area contributed by atoms with Crippen LogP contribution >= 0.6 is 0 Å². The molecule has 0 amide bonds. The molecule has 6 heteroatoms. The zero-order valence-electron chi connectivity index (χ0n) is 19.1. The van der Waals surface area contributed by atoms with E-state index < -0.39 is 40.2 Å².